The molecule has 1 aliphatic rings. The second-order valence-electron chi connectivity index (χ2n) is 6.10. The highest BCUT2D eigenvalue weighted by Crippen LogP contribution is 2.33. The number of rotatable bonds is 2. The van der Waals surface area contributed by atoms with Crippen LogP contribution >= 0.6 is 11.3 Å². The van der Waals surface area contributed by atoms with Crippen LogP contribution in [0.25, 0.3) is 4.96 Å². The molecule has 19 heavy (non-hydrogen) atoms. The van der Waals surface area contributed by atoms with E-state index in [1.165, 1.54) is 11.3 Å². The van der Waals surface area contributed by atoms with Crippen molar-refractivity contribution in [2.75, 3.05) is 13.2 Å². The van der Waals surface area contributed by atoms with E-state index < -0.39 is 0 Å². The van der Waals surface area contributed by atoms with Gasteiger partial charge in [-0.3, -0.25) is 0 Å². The SMILES string of the molecule is CC(C)(C)C(N)c1nn2c(C3CCOC3)nnc2s1. The number of fused-ring (bicyclic) bond motifs is 1. The van der Waals surface area contributed by atoms with Gasteiger partial charge in [-0.25, -0.2) is 0 Å². The first-order valence-corrected chi connectivity index (χ1v) is 7.34. The summed E-state index contributed by atoms with van der Waals surface area (Å²) in [6.45, 7) is 7.85. The van der Waals surface area contributed by atoms with Crippen molar-refractivity contribution in [1.82, 2.24) is 19.8 Å². The van der Waals surface area contributed by atoms with Gasteiger partial charge in [0.1, 0.15) is 5.01 Å². The zero-order valence-corrected chi connectivity index (χ0v) is 12.3. The first-order chi connectivity index (χ1) is 8.97. The molecule has 0 radical (unpaired) electrons. The van der Waals surface area contributed by atoms with E-state index >= 15 is 0 Å². The molecule has 0 aliphatic carbocycles. The van der Waals surface area contributed by atoms with Gasteiger partial charge in [-0.05, 0) is 11.8 Å². The fourth-order valence-electron chi connectivity index (χ4n) is 2.14. The molecule has 1 saturated heterocycles. The van der Waals surface area contributed by atoms with E-state index in [9.17, 15) is 0 Å². The Morgan fingerprint density at radius 2 is 2.21 bits per heavy atom. The zero-order chi connectivity index (χ0) is 13.6. The number of aromatic nitrogens is 4. The van der Waals surface area contributed by atoms with Crippen molar-refractivity contribution in [1.29, 1.82) is 0 Å². The molecule has 0 bridgehead atoms. The fourth-order valence-corrected chi connectivity index (χ4v) is 3.23. The van der Waals surface area contributed by atoms with Gasteiger partial charge >= 0.3 is 0 Å². The van der Waals surface area contributed by atoms with Gasteiger partial charge in [-0.1, -0.05) is 32.1 Å². The molecule has 2 N–H and O–H groups in total. The van der Waals surface area contributed by atoms with Gasteiger partial charge in [-0.15, -0.1) is 10.2 Å². The maximum Gasteiger partial charge on any atom is 0.234 e. The van der Waals surface area contributed by atoms with Crippen LogP contribution in [0.3, 0.4) is 0 Å². The predicted molar refractivity (Wildman–Crippen MR) is 73.2 cm³/mol. The lowest BCUT2D eigenvalue weighted by Crippen LogP contribution is -2.26. The molecule has 6 nitrogen and oxygen atoms in total. The largest absolute Gasteiger partial charge is 0.381 e. The summed E-state index contributed by atoms with van der Waals surface area (Å²) in [7, 11) is 0. The second-order valence-corrected chi connectivity index (χ2v) is 7.08. The average Bonchev–Trinajstić information content (AvgIpc) is 3.01. The van der Waals surface area contributed by atoms with E-state index in [1.54, 1.807) is 0 Å². The van der Waals surface area contributed by atoms with Crippen LogP contribution in [-0.4, -0.2) is 33.0 Å². The standard InChI is InChI=1S/C12H19N5OS/c1-12(2,3)8(13)10-16-17-9(7-4-5-18-6-7)14-15-11(17)19-10/h7-8H,4-6,13H2,1-3H3. The van der Waals surface area contributed by atoms with Crippen molar-refractivity contribution in [3.8, 4) is 0 Å². The summed E-state index contributed by atoms with van der Waals surface area (Å²) in [5.74, 6) is 1.20. The number of nitrogens with two attached hydrogens (primary N) is 1. The Balaban J connectivity index is 1.97. The van der Waals surface area contributed by atoms with Gasteiger partial charge in [0.2, 0.25) is 4.96 Å². The minimum Gasteiger partial charge on any atom is -0.381 e. The monoisotopic (exact) mass is 281 g/mol. The van der Waals surface area contributed by atoms with Crippen LogP contribution in [0.4, 0.5) is 0 Å². The maximum atomic E-state index is 6.26. The van der Waals surface area contributed by atoms with Gasteiger partial charge in [-0.2, -0.15) is 9.61 Å². The summed E-state index contributed by atoms with van der Waals surface area (Å²) in [6, 6.07) is -0.0909. The fraction of sp³-hybridized carbons (Fsp3) is 0.750. The van der Waals surface area contributed by atoms with Crippen LogP contribution in [0.1, 0.15) is 50.0 Å². The van der Waals surface area contributed by atoms with Crippen molar-refractivity contribution in [3.63, 3.8) is 0 Å². The van der Waals surface area contributed by atoms with Gasteiger partial charge in [0, 0.05) is 12.5 Å². The third kappa shape index (κ3) is 2.26. The molecular formula is C12H19N5OS. The highest BCUT2D eigenvalue weighted by molar-refractivity contribution is 7.16. The van der Waals surface area contributed by atoms with Crippen LogP contribution in [0.2, 0.25) is 0 Å². The van der Waals surface area contributed by atoms with E-state index in [0.717, 1.165) is 28.8 Å². The average molecular weight is 281 g/mol. The highest BCUT2D eigenvalue weighted by Gasteiger charge is 2.29. The predicted octanol–water partition coefficient (Wildman–Crippen LogP) is 1.74. The molecule has 2 aromatic heterocycles. The molecule has 0 amide bonds. The highest BCUT2D eigenvalue weighted by atomic mass is 32.1. The lowest BCUT2D eigenvalue weighted by Gasteiger charge is -2.24. The zero-order valence-electron chi connectivity index (χ0n) is 11.5. The first-order valence-electron chi connectivity index (χ1n) is 6.52. The van der Waals surface area contributed by atoms with Crippen molar-refractivity contribution in [2.24, 2.45) is 11.1 Å². The molecule has 2 aromatic rings. The van der Waals surface area contributed by atoms with Crippen molar-refractivity contribution in [2.45, 2.75) is 39.2 Å². The molecule has 2 unspecified atom stereocenters. The van der Waals surface area contributed by atoms with Gasteiger partial charge in [0.05, 0.1) is 12.6 Å². The summed E-state index contributed by atoms with van der Waals surface area (Å²) in [5, 5.41) is 14.0. The molecule has 3 rings (SSSR count). The van der Waals surface area contributed by atoms with E-state index in [4.69, 9.17) is 10.5 Å². The molecule has 0 saturated carbocycles. The Morgan fingerprint density at radius 3 is 2.84 bits per heavy atom. The summed E-state index contributed by atoms with van der Waals surface area (Å²) < 4.78 is 7.25. The van der Waals surface area contributed by atoms with Crippen molar-refractivity contribution < 1.29 is 4.74 Å². The lowest BCUT2D eigenvalue weighted by atomic mass is 9.88. The Bertz CT molecular complexity index is 578. The number of ether oxygens (including phenoxy) is 1. The Morgan fingerprint density at radius 1 is 1.42 bits per heavy atom. The van der Waals surface area contributed by atoms with Gasteiger partial charge in [0.25, 0.3) is 0 Å². The van der Waals surface area contributed by atoms with E-state index in [0.29, 0.717) is 12.5 Å². The van der Waals surface area contributed by atoms with E-state index in [2.05, 4.69) is 36.1 Å². The van der Waals surface area contributed by atoms with Gasteiger partial charge in [0.15, 0.2) is 5.82 Å². The minimum absolute atomic E-state index is 0.0140. The van der Waals surface area contributed by atoms with Crippen molar-refractivity contribution >= 4 is 16.3 Å². The third-order valence-electron chi connectivity index (χ3n) is 3.52. The Hall–Kier alpha value is -1.05. The molecule has 1 aliphatic heterocycles. The Kier molecular flexibility index (Phi) is 3.07. The second kappa shape index (κ2) is 4.50. The van der Waals surface area contributed by atoms with Crippen LogP contribution in [0.5, 0.6) is 0 Å². The molecule has 7 heteroatoms. The molecule has 2 atom stereocenters. The normalized spacial score (nSPS) is 22.2. The van der Waals surface area contributed by atoms with Gasteiger partial charge < -0.3 is 10.5 Å². The quantitative estimate of drug-likeness (QED) is 0.907. The smallest absolute Gasteiger partial charge is 0.234 e. The molecular weight excluding hydrogens is 262 g/mol. The summed E-state index contributed by atoms with van der Waals surface area (Å²) >= 11 is 1.52. The first kappa shape index (κ1) is 13.0. The van der Waals surface area contributed by atoms with E-state index in [-0.39, 0.29) is 11.5 Å². The van der Waals surface area contributed by atoms with Crippen molar-refractivity contribution in [3.05, 3.63) is 10.8 Å². The van der Waals surface area contributed by atoms with Crippen LogP contribution in [0, 0.1) is 5.41 Å². The number of nitrogens with zero attached hydrogens (tertiary/aromatic N) is 4. The molecule has 3 heterocycles. The Labute approximate surface area is 116 Å². The lowest BCUT2D eigenvalue weighted by molar-refractivity contribution is 0.193. The van der Waals surface area contributed by atoms with Crippen LogP contribution in [0.15, 0.2) is 0 Å². The topological polar surface area (TPSA) is 78.3 Å². The van der Waals surface area contributed by atoms with E-state index in [1.807, 2.05) is 4.52 Å². The summed E-state index contributed by atoms with van der Waals surface area (Å²) in [5.41, 5.74) is 6.25. The van der Waals surface area contributed by atoms with Crippen LogP contribution < -0.4 is 5.73 Å². The summed E-state index contributed by atoms with van der Waals surface area (Å²) in [4.78, 5) is 0.816. The van der Waals surface area contributed by atoms with Crippen LogP contribution in [-0.2, 0) is 4.74 Å². The third-order valence-corrected chi connectivity index (χ3v) is 4.51. The minimum atomic E-state index is -0.0909. The maximum absolute atomic E-state index is 6.26. The number of hydrogen-bond acceptors (Lipinski definition) is 6. The summed E-state index contributed by atoms with van der Waals surface area (Å²) in [6.07, 6.45) is 0.985. The number of hydrogen-bond donors (Lipinski definition) is 1. The molecule has 0 aromatic carbocycles. The molecule has 0 spiro atoms. The molecule has 1 fully saturated rings. The molecule has 104 valence electrons.